The molecule has 2 N–H and O–H groups in total. The molecule has 0 unspecified atom stereocenters. The van der Waals surface area contributed by atoms with Crippen molar-refractivity contribution in [1.29, 1.82) is 0 Å². The molecule has 1 aliphatic rings. The Bertz CT molecular complexity index is 1140. The number of nitrogens with one attached hydrogen (secondary N) is 1. The van der Waals surface area contributed by atoms with Gasteiger partial charge in [-0.1, -0.05) is 12.1 Å². The fraction of sp³-hybridized carbons (Fsp3) is 0.174. The molecule has 0 bridgehead atoms. The number of hydrogen-bond donors (Lipinski definition) is 2. The third kappa shape index (κ3) is 3.50. The number of furan rings is 1. The number of ether oxygens (including phenoxy) is 1. The number of aromatic nitrogens is 1. The van der Waals surface area contributed by atoms with E-state index in [9.17, 15) is 5.11 Å². The Kier molecular flexibility index (Phi) is 4.54. The first-order valence-electron chi connectivity index (χ1n) is 9.63. The minimum atomic E-state index is 0.102. The second-order valence-electron chi connectivity index (χ2n) is 7.00. The van der Waals surface area contributed by atoms with Crippen LogP contribution in [0.25, 0.3) is 22.2 Å². The predicted molar refractivity (Wildman–Crippen MR) is 114 cm³/mol. The molecule has 3 heterocycles. The summed E-state index contributed by atoms with van der Waals surface area (Å²) in [4.78, 5) is 9.88. The van der Waals surface area contributed by atoms with Crippen LogP contribution in [0.15, 0.2) is 70.3 Å². The predicted octanol–water partition coefficient (Wildman–Crippen LogP) is 4.72. The number of hydrogen-bond acceptors (Lipinski definition) is 5. The fourth-order valence-electron chi connectivity index (χ4n) is 3.64. The zero-order valence-electron chi connectivity index (χ0n) is 15.8. The maximum atomic E-state index is 10.4. The second-order valence-corrected chi connectivity index (χ2v) is 7.00. The lowest BCUT2D eigenvalue weighted by atomic mass is 10.1. The molecule has 6 nitrogen and oxygen atoms in total. The minimum Gasteiger partial charge on any atom is -0.494 e. The highest BCUT2D eigenvalue weighted by molar-refractivity contribution is 6.03. The Morgan fingerprint density at radius 1 is 1.03 bits per heavy atom. The van der Waals surface area contributed by atoms with E-state index in [4.69, 9.17) is 9.15 Å². The van der Waals surface area contributed by atoms with E-state index in [1.807, 2.05) is 42.5 Å². The zero-order valence-corrected chi connectivity index (χ0v) is 15.8. The summed E-state index contributed by atoms with van der Waals surface area (Å²) >= 11 is 0. The number of rotatable bonds is 4. The van der Waals surface area contributed by atoms with Gasteiger partial charge in [0.15, 0.2) is 5.88 Å². The molecule has 2 aromatic carbocycles. The van der Waals surface area contributed by atoms with E-state index in [0.717, 1.165) is 54.2 Å². The average Bonchev–Trinajstić information content (AvgIpc) is 3.40. The van der Waals surface area contributed by atoms with E-state index >= 15 is 0 Å². The van der Waals surface area contributed by atoms with Crippen molar-refractivity contribution in [2.75, 3.05) is 31.2 Å². The lowest BCUT2D eigenvalue weighted by Gasteiger charge is -2.28. The largest absolute Gasteiger partial charge is 0.494 e. The monoisotopic (exact) mass is 387 g/mol. The summed E-state index contributed by atoms with van der Waals surface area (Å²) in [6.45, 7) is 3.35. The smallest absolute Gasteiger partial charge is 0.198 e. The number of anilines is 1. The number of aliphatic imine (C=N–C) groups is 1. The number of H-pyrrole nitrogens is 1. The molecule has 0 spiro atoms. The topological polar surface area (TPSA) is 74.0 Å². The van der Waals surface area contributed by atoms with Gasteiger partial charge in [-0.05, 0) is 42.5 Å². The molecule has 5 rings (SSSR count). The van der Waals surface area contributed by atoms with Gasteiger partial charge in [-0.25, -0.2) is 0 Å². The molecule has 1 saturated heterocycles. The van der Waals surface area contributed by atoms with Crippen LogP contribution in [-0.2, 0) is 4.74 Å². The summed E-state index contributed by atoms with van der Waals surface area (Å²) in [6.07, 6.45) is 3.35. The zero-order chi connectivity index (χ0) is 19.6. The summed E-state index contributed by atoms with van der Waals surface area (Å²) in [5.41, 5.74) is 4.46. The van der Waals surface area contributed by atoms with Crippen LogP contribution in [0.2, 0.25) is 0 Å². The summed E-state index contributed by atoms with van der Waals surface area (Å²) in [5.74, 6) is 0.891. The first-order chi connectivity index (χ1) is 14.3. The Hall–Kier alpha value is -3.51. The molecule has 0 radical (unpaired) electrons. The molecular weight excluding hydrogens is 366 g/mol. The highest BCUT2D eigenvalue weighted by Crippen LogP contribution is 2.30. The number of aromatic hydroxyl groups is 1. The lowest BCUT2D eigenvalue weighted by Crippen LogP contribution is -2.36. The van der Waals surface area contributed by atoms with Crippen molar-refractivity contribution in [1.82, 2.24) is 4.98 Å². The summed E-state index contributed by atoms with van der Waals surface area (Å²) in [7, 11) is 0. The van der Waals surface area contributed by atoms with Crippen LogP contribution in [0.5, 0.6) is 5.88 Å². The quantitative estimate of drug-likeness (QED) is 0.497. The minimum absolute atomic E-state index is 0.102. The van der Waals surface area contributed by atoms with Crippen LogP contribution < -0.4 is 4.90 Å². The third-order valence-corrected chi connectivity index (χ3v) is 5.19. The normalized spacial score (nSPS) is 14.8. The molecule has 1 fully saturated rings. The van der Waals surface area contributed by atoms with Gasteiger partial charge in [0, 0.05) is 41.5 Å². The highest BCUT2D eigenvalue weighted by Gasteiger charge is 2.12. The van der Waals surface area contributed by atoms with Gasteiger partial charge >= 0.3 is 0 Å². The first-order valence-corrected chi connectivity index (χ1v) is 9.63. The molecular formula is C23H21N3O3. The Labute approximate surface area is 168 Å². The number of morpholine rings is 1. The average molecular weight is 387 g/mol. The van der Waals surface area contributed by atoms with Crippen molar-refractivity contribution in [3.8, 4) is 17.2 Å². The van der Waals surface area contributed by atoms with Crippen LogP contribution in [0, 0.1) is 0 Å². The number of aromatic amines is 1. The number of benzene rings is 2. The lowest BCUT2D eigenvalue weighted by molar-refractivity contribution is 0.122. The third-order valence-electron chi connectivity index (χ3n) is 5.19. The number of nitrogens with zero attached hydrogens (tertiary/aromatic N) is 2. The van der Waals surface area contributed by atoms with E-state index in [0.29, 0.717) is 5.56 Å². The Balaban J connectivity index is 1.39. The van der Waals surface area contributed by atoms with E-state index < -0.39 is 0 Å². The van der Waals surface area contributed by atoms with Gasteiger partial charge in [0.1, 0.15) is 5.76 Å². The van der Waals surface area contributed by atoms with E-state index in [1.165, 1.54) is 5.69 Å². The van der Waals surface area contributed by atoms with Crippen LogP contribution in [-0.4, -0.2) is 42.6 Å². The van der Waals surface area contributed by atoms with Crippen molar-refractivity contribution in [3.63, 3.8) is 0 Å². The Morgan fingerprint density at radius 2 is 1.86 bits per heavy atom. The molecule has 0 atom stereocenters. The molecule has 0 amide bonds. The van der Waals surface area contributed by atoms with E-state index in [1.54, 1.807) is 12.5 Å². The summed E-state index contributed by atoms with van der Waals surface area (Å²) in [6, 6.07) is 17.8. The molecule has 0 aliphatic carbocycles. The standard InChI is InChI=1S/C23H21N3O3/c27-23-20(19-8-3-16(14-21(19)25-23)22-2-1-11-29-22)15-24-17-4-6-18(7-5-17)26-9-12-28-13-10-26/h1-8,11,14-15,25,27H,9-10,12-13H2. The van der Waals surface area contributed by atoms with Crippen molar-refractivity contribution in [2.24, 2.45) is 4.99 Å². The second kappa shape index (κ2) is 7.48. The molecule has 29 heavy (non-hydrogen) atoms. The van der Waals surface area contributed by atoms with Gasteiger partial charge in [0.05, 0.1) is 30.7 Å². The highest BCUT2D eigenvalue weighted by atomic mass is 16.5. The van der Waals surface area contributed by atoms with Gasteiger partial charge in [-0.3, -0.25) is 4.99 Å². The molecule has 2 aromatic heterocycles. The van der Waals surface area contributed by atoms with Gasteiger partial charge in [0.2, 0.25) is 0 Å². The van der Waals surface area contributed by atoms with Gasteiger partial charge in [-0.15, -0.1) is 0 Å². The van der Waals surface area contributed by atoms with Gasteiger partial charge < -0.3 is 24.1 Å². The molecule has 1 aliphatic heterocycles. The van der Waals surface area contributed by atoms with Crippen molar-refractivity contribution in [2.45, 2.75) is 0 Å². The van der Waals surface area contributed by atoms with Crippen molar-refractivity contribution < 1.29 is 14.3 Å². The SMILES string of the molecule is Oc1[nH]c2cc(-c3ccco3)ccc2c1C=Nc1ccc(N2CCOCC2)cc1. The fourth-order valence-corrected chi connectivity index (χ4v) is 3.64. The molecule has 146 valence electrons. The van der Waals surface area contributed by atoms with Crippen LogP contribution in [0.1, 0.15) is 5.56 Å². The van der Waals surface area contributed by atoms with Gasteiger partial charge in [0.25, 0.3) is 0 Å². The maximum Gasteiger partial charge on any atom is 0.198 e. The molecule has 4 aromatic rings. The summed E-state index contributed by atoms with van der Waals surface area (Å²) < 4.78 is 10.9. The van der Waals surface area contributed by atoms with Crippen LogP contribution in [0.3, 0.4) is 0 Å². The van der Waals surface area contributed by atoms with Crippen LogP contribution >= 0.6 is 0 Å². The first kappa shape index (κ1) is 17.6. The maximum absolute atomic E-state index is 10.4. The van der Waals surface area contributed by atoms with E-state index in [2.05, 4.69) is 27.0 Å². The Morgan fingerprint density at radius 3 is 2.62 bits per heavy atom. The van der Waals surface area contributed by atoms with Crippen LogP contribution in [0.4, 0.5) is 11.4 Å². The van der Waals surface area contributed by atoms with E-state index in [-0.39, 0.29) is 5.88 Å². The van der Waals surface area contributed by atoms with Crippen molar-refractivity contribution in [3.05, 3.63) is 66.4 Å². The van der Waals surface area contributed by atoms with Gasteiger partial charge in [-0.2, -0.15) is 0 Å². The number of fused-ring (bicyclic) bond motifs is 1. The van der Waals surface area contributed by atoms with Crippen molar-refractivity contribution >= 4 is 28.5 Å². The summed E-state index contributed by atoms with van der Waals surface area (Å²) in [5, 5.41) is 11.3. The molecule has 0 saturated carbocycles. The molecule has 6 heteroatoms.